The second kappa shape index (κ2) is 14.2. The molecule has 0 aliphatic carbocycles. The van der Waals surface area contributed by atoms with Crippen LogP contribution in [0.15, 0.2) is 30.3 Å². The van der Waals surface area contributed by atoms with Gasteiger partial charge in [-0.3, -0.25) is 9.59 Å². The van der Waals surface area contributed by atoms with Crippen LogP contribution in [-0.4, -0.2) is 88.3 Å². The van der Waals surface area contributed by atoms with Gasteiger partial charge in [-0.2, -0.15) is 0 Å². The number of benzene rings is 1. The summed E-state index contributed by atoms with van der Waals surface area (Å²) in [6.45, 7) is -0.252. The van der Waals surface area contributed by atoms with Crippen molar-refractivity contribution in [3.05, 3.63) is 36.0 Å². The van der Waals surface area contributed by atoms with Gasteiger partial charge in [0.2, 0.25) is 0 Å². The molecule has 11 heteroatoms. The second-order valence-corrected chi connectivity index (χ2v) is 9.07. The van der Waals surface area contributed by atoms with Crippen molar-refractivity contribution in [1.82, 2.24) is 10.3 Å². The quantitative estimate of drug-likeness (QED) is 0.192. The minimum atomic E-state index is -1.46. The third-order valence-electron chi connectivity index (χ3n) is 6.40. The van der Waals surface area contributed by atoms with Gasteiger partial charge in [-0.1, -0.05) is 43.9 Å². The first-order chi connectivity index (χ1) is 17.8. The van der Waals surface area contributed by atoms with Gasteiger partial charge in [0.25, 0.3) is 5.91 Å². The minimum Gasteiger partial charge on any atom is -0.506 e. The van der Waals surface area contributed by atoms with Crippen LogP contribution in [0.3, 0.4) is 0 Å². The number of amides is 1. The van der Waals surface area contributed by atoms with Gasteiger partial charge in [-0.25, -0.2) is 4.98 Å². The van der Waals surface area contributed by atoms with E-state index in [0.29, 0.717) is 18.2 Å². The molecule has 1 amide bonds. The Balaban J connectivity index is 1.54. The minimum absolute atomic E-state index is 0.00548. The molecule has 1 aliphatic heterocycles. The van der Waals surface area contributed by atoms with Crippen LogP contribution in [0.2, 0.25) is 0 Å². The van der Waals surface area contributed by atoms with Gasteiger partial charge in [-0.05, 0) is 25.0 Å². The predicted molar refractivity (Wildman–Crippen MR) is 133 cm³/mol. The molecule has 0 spiro atoms. The Kier molecular flexibility index (Phi) is 11.0. The summed E-state index contributed by atoms with van der Waals surface area (Å²) in [5, 5.41) is 43.9. The smallest absolute Gasteiger partial charge is 0.305 e. The number of aliphatic hydroxyl groups excluding tert-OH is 3. The fourth-order valence-electron chi connectivity index (χ4n) is 4.24. The van der Waals surface area contributed by atoms with E-state index in [-0.39, 0.29) is 29.5 Å². The van der Waals surface area contributed by atoms with E-state index in [0.717, 1.165) is 32.1 Å². The second-order valence-electron chi connectivity index (χ2n) is 9.07. The van der Waals surface area contributed by atoms with Crippen molar-refractivity contribution >= 4 is 22.8 Å². The molecule has 204 valence electrons. The maximum Gasteiger partial charge on any atom is 0.305 e. The summed E-state index contributed by atoms with van der Waals surface area (Å²) in [5.41, 5.74) is 0.264. The largest absolute Gasteiger partial charge is 0.506 e. The first-order valence-corrected chi connectivity index (χ1v) is 12.6. The van der Waals surface area contributed by atoms with Crippen molar-refractivity contribution in [2.45, 2.75) is 75.6 Å². The maximum atomic E-state index is 12.9. The first-order valence-electron chi connectivity index (χ1n) is 12.6. The number of esters is 1. The molecule has 1 aromatic heterocycles. The number of carbonyl (C=O) groups excluding carboxylic acids is 2. The summed E-state index contributed by atoms with van der Waals surface area (Å²) < 4.78 is 16.1. The summed E-state index contributed by atoms with van der Waals surface area (Å²) >= 11 is 0. The Hall–Kier alpha value is -2.83. The molecule has 1 fully saturated rings. The van der Waals surface area contributed by atoms with Crippen LogP contribution in [0, 0.1) is 0 Å². The number of phenols is 1. The number of ether oxygens (including phenoxy) is 3. The van der Waals surface area contributed by atoms with E-state index < -0.39 is 43.2 Å². The van der Waals surface area contributed by atoms with Gasteiger partial charge in [-0.15, -0.1) is 0 Å². The van der Waals surface area contributed by atoms with Crippen molar-refractivity contribution in [3.8, 4) is 5.75 Å². The van der Waals surface area contributed by atoms with E-state index in [9.17, 15) is 30.0 Å². The molecule has 1 saturated heterocycles. The van der Waals surface area contributed by atoms with Crippen LogP contribution in [0.25, 0.3) is 10.9 Å². The van der Waals surface area contributed by atoms with Crippen LogP contribution in [0.1, 0.15) is 55.4 Å². The van der Waals surface area contributed by atoms with Gasteiger partial charge in [0, 0.05) is 18.4 Å². The van der Waals surface area contributed by atoms with Crippen LogP contribution in [0.5, 0.6) is 5.75 Å². The zero-order valence-electron chi connectivity index (χ0n) is 20.9. The lowest BCUT2D eigenvalue weighted by Gasteiger charge is -2.42. The number of unbranched alkanes of at least 4 members (excludes halogenated alkanes) is 5. The number of rotatable bonds is 13. The Morgan fingerprint density at radius 3 is 2.49 bits per heavy atom. The number of nitrogens with one attached hydrogen (secondary N) is 1. The molecule has 2 aromatic rings. The molecule has 1 aliphatic rings. The summed E-state index contributed by atoms with van der Waals surface area (Å²) in [7, 11) is 1.38. The van der Waals surface area contributed by atoms with Gasteiger partial charge < -0.3 is 40.0 Å². The topological polar surface area (TPSA) is 168 Å². The number of fused-ring (bicyclic) bond motifs is 1. The molecule has 3 unspecified atom stereocenters. The number of para-hydroxylation sites is 1. The number of phenolic OH excluding ortho intramolecular Hbond substituents is 1. The number of carbonyl (C=O) groups is 2. The highest BCUT2D eigenvalue weighted by molar-refractivity contribution is 5.96. The normalized spacial score (nSPS) is 23.6. The van der Waals surface area contributed by atoms with Gasteiger partial charge in [0.15, 0.2) is 6.29 Å². The summed E-state index contributed by atoms with van der Waals surface area (Å²) in [5.74, 6) is -0.919. The monoisotopic (exact) mass is 520 g/mol. The number of hydrogen-bond donors (Lipinski definition) is 5. The van der Waals surface area contributed by atoms with Crippen LogP contribution >= 0.6 is 0 Å². The molecule has 2 heterocycles. The molecular weight excluding hydrogens is 484 g/mol. The Bertz CT molecular complexity index is 1030. The number of aromatic hydroxyl groups is 1. The standard InChI is InChI=1S/C26H36N2O9/c1-35-20(31)11-6-4-2-3-5-7-14-36-26-22(24(33)23(32)19(15-29)37-26)28-25(34)17-13-12-16-9-8-10-18(30)21(16)27-17/h8-10,12-13,19,22-24,26,29-30,32-33H,2-7,11,14-15H2,1H3,(H,28,34)/t19?,22?,23-,24?,26-/m1/s1. The molecule has 3 rings (SSSR count). The molecule has 11 nitrogen and oxygen atoms in total. The molecule has 0 saturated carbocycles. The molecule has 37 heavy (non-hydrogen) atoms. The zero-order chi connectivity index (χ0) is 26.8. The van der Waals surface area contributed by atoms with Gasteiger partial charge in [0.1, 0.15) is 41.3 Å². The van der Waals surface area contributed by atoms with E-state index in [4.69, 9.17) is 9.47 Å². The highest BCUT2D eigenvalue weighted by Gasteiger charge is 2.45. The molecule has 0 bridgehead atoms. The number of hydrogen-bond acceptors (Lipinski definition) is 10. The van der Waals surface area contributed by atoms with Crippen molar-refractivity contribution in [1.29, 1.82) is 0 Å². The fourth-order valence-corrected chi connectivity index (χ4v) is 4.24. The van der Waals surface area contributed by atoms with E-state index in [2.05, 4.69) is 15.0 Å². The summed E-state index contributed by atoms with van der Waals surface area (Å²) in [6, 6.07) is 6.89. The number of aliphatic hydroxyl groups is 3. The molecule has 1 aromatic carbocycles. The van der Waals surface area contributed by atoms with Crippen molar-refractivity contribution in [3.63, 3.8) is 0 Å². The van der Waals surface area contributed by atoms with Crippen LogP contribution < -0.4 is 5.32 Å². The molecule has 0 radical (unpaired) electrons. The van der Waals surface area contributed by atoms with Crippen LogP contribution in [-0.2, 0) is 19.0 Å². The van der Waals surface area contributed by atoms with E-state index in [1.54, 1.807) is 18.2 Å². The SMILES string of the molecule is COC(=O)CCCCCCCCO[C@@H]1OC(CO)[C@@H](O)C(O)C1NC(=O)c1ccc2cccc(O)c2n1. The number of pyridine rings is 1. The Morgan fingerprint density at radius 1 is 1.03 bits per heavy atom. The lowest BCUT2D eigenvalue weighted by molar-refractivity contribution is -0.269. The molecular formula is C26H36N2O9. The van der Waals surface area contributed by atoms with Gasteiger partial charge in [0.05, 0.1) is 13.7 Å². The number of aromatic nitrogens is 1. The summed E-state index contributed by atoms with van der Waals surface area (Å²) in [4.78, 5) is 28.3. The van der Waals surface area contributed by atoms with E-state index >= 15 is 0 Å². The predicted octanol–water partition coefficient (Wildman–Crippen LogP) is 1.40. The fraction of sp³-hybridized carbons (Fsp3) is 0.577. The van der Waals surface area contributed by atoms with Crippen molar-refractivity contribution in [2.24, 2.45) is 0 Å². The van der Waals surface area contributed by atoms with Gasteiger partial charge >= 0.3 is 5.97 Å². The zero-order valence-corrected chi connectivity index (χ0v) is 20.9. The highest BCUT2D eigenvalue weighted by Crippen LogP contribution is 2.25. The number of nitrogens with zero attached hydrogens (tertiary/aromatic N) is 1. The lowest BCUT2D eigenvalue weighted by Crippen LogP contribution is -2.64. The lowest BCUT2D eigenvalue weighted by atomic mass is 9.96. The van der Waals surface area contributed by atoms with E-state index in [1.165, 1.54) is 19.2 Å². The highest BCUT2D eigenvalue weighted by atomic mass is 16.7. The van der Waals surface area contributed by atoms with Crippen molar-refractivity contribution in [2.75, 3.05) is 20.3 Å². The first kappa shape index (κ1) is 28.7. The molecule has 5 N–H and O–H groups in total. The Morgan fingerprint density at radius 2 is 1.76 bits per heavy atom. The number of methoxy groups -OCH3 is 1. The maximum absolute atomic E-state index is 12.9. The third kappa shape index (κ3) is 7.83. The Labute approximate surface area is 215 Å². The van der Waals surface area contributed by atoms with Crippen molar-refractivity contribution < 1.29 is 44.2 Å². The third-order valence-corrected chi connectivity index (χ3v) is 6.40. The van der Waals surface area contributed by atoms with Crippen LogP contribution in [0.4, 0.5) is 0 Å². The average molecular weight is 521 g/mol. The van der Waals surface area contributed by atoms with E-state index in [1.807, 2.05) is 0 Å². The average Bonchev–Trinajstić information content (AvgIpc) is 2.91. The summed E-state index contributed by atoms with van der Waals surface area (Å²) in [6.07, 6.45) is 0.574. The molecule has 5 atom stereocenters.